The molecule has 9 heteroatoms. The molecule has 4 aromatic rings. The minimum atomic E-state index is -0.463. The van der Waals surface area contributed by atoms with E-state index in [0.29, 0.717) is 16.5 Å². The molecule has 0 aliphatic rings. The molecular weight excluding hydrogens is 415 g/mol. The highest BCUT2D eigenvalue weighted by Gasteiger charge is 2.14. The Morgan fingerprint density at radius 1 is 1.24 bits per heavy atom. The second kappa shape index (κ2) is 7.88. The highest BCUT2D eigenvalue weighted by Crippen LogP contribution is 2.29. The molecule has 0 spiro atoms. The molecule has 0 radical (unpaired) electrons. The van der Waals surface area contributed by atoms with E-state index in [1.807, 2.05) is 35.6 Å². The molecule has 0 fully saturated rings. The molecule has 0 aliphatic carbocycles. The number of aromatic nitrogens is 3. The quantitative estimate of drug-likeness (QED) is 0.464. The third-order valence-corrected chi connectivity index (χ3v) is 5.65. The Kier molecular flexibility index (Phi) is 5.29. The van der Waals surface area contributed by atoms with Gasteiger partial charge in [-0.3, -0.25) is 9.20 Å². The van der Waals surface area contributed by atoms with Crippen LogP contribution in [0.1, 0.15) is 5.56 Å². The SMILES string of the molecule is COc1ccc2c(C)cc3nnc(SCC(=O)Nc4ccc(F)cc4Cl)n3c2c1. The zero-order valence-electron chi connectivity index (χ0n) is 15.6. The molecule has 148 valence electrons. The summed E-state index contributed by atoms with van der Waals surface area (Å²) in [7, 11) is 1.61. The first-order valence-corrected chi connectivity index (χ1v) is 10.0. The number of thioether (sulfide) groups is 1. The van der Waals surface area contributed by atoms with Crippen molar-refractivity contribution in [1.82, 2.24) is 14.6 Å². The monoisotopic (exact) mass is 430 g/mol. The number of nitrogens with zero attached hydrogens (tertiary/aromatic N) is 3. The van der Waals surface area contributed by atoms with Gasteiger partial charge in [0.2, 0.25) is 5.91 Å². The summed E-state index contributed by atoms with van der Waals surface area (Å²) in [6.07, 6.45) is 0. The second-order valence-electron chi connectivity index (χ2n) is 6.35. The number of anilines is 1. The summed E-state index contributed by atoms with van der Waals surface area (Å²) in [5, 5.41) is 12.9. The summed E-state index contributed by atoms with van der Waals surface area (Å²) in [6.45, 7) is 2.01. The maximum absolute atomic E-state index is 13.1. The predicted octanol–water partition coefficient (Wildman–Crippen LogP) is 4.72. The number of halogens is 2. The lowest BCUT2D eigenvalue weighted by Gasteiger charge is -2.10. The third-order valence-electron chi connectivity index (χ3n) is 4.41. The molecule has 29 heavy (non-hydrogen) atoms. The number of nitrogens with one attached hydrogen (secondary N) is 1. The maximum atomic E-state index is 13.1. The Balaban J connectivity index is 1.61. The minimum Gasteiger partial charge on any atom is -0.497 e. The van der Waals surface area contributed by atoms with Crippen LogP contribution < -0.4 is 10.1 Å². The topological polar surface area (TPSA) is 68.5 Å². The van der Waals surface area contributed by atoms with Gasteiger partial charge in [-0.05, 0) is 48.9 Å². The van der Waals surface area contributed by atoms with Crippen molar-refractivity contribution in [2.24, 2.45) is 0 Å². The van der Waals surface area contributed by atoms with Gasteiger partial charge in [-0.15, -0.1) is 10.2 Å². The number of pyridine rings is 1. The summed E-state index contributed by atoms with van der Waals surface area (Å²) in [6, 6.07) is 11.6. The van der Waals surface area contributed by atoms with Gasteiger partial charge in [0.15, 0.2) is 10.8 Å². The standard InChI is InChI=1S/C20H16ClFN4O2S/c1-11-7-18-24-25-20(26(18)17-9-13(28-2)4-5-14(11)17)29-10-19(27)23-16-6-3-12(22)8-15(16)21/h3-9H,10H2,1-2H3,(H,23,27). The van der Waals surface area contributed by atoms with Gasteiger partial charge in [0.1, 0.15) is 11.6 Å². The van der Waals surface area contributed by atoms with E-state index >= 15 is 0 Å². The first-order valence-electron chi connectivity index (χ1n) is 8.66. The number of rotatable bonds is 5. The van der Waals surface area contributed by atoms with Crippen LogP contribution >= 0.6 is 23.4 Å². The van der Waals surface area contributed by atoms with Gasteiger partial charge in [0.25, 0.3) is 0 Å². The fourth-order valence-corrected chi connectivity index (χ4v) is 4.00. The van der Waals surface area contributed by atoms with Crippen LogP contribution in [-0.4, -0.2) is 33.4 Å². The van der Waals surface area contributed by atoms with E-state index < -0.39 is 5.82 Å². The van der Waals surface area contributed by atoms with E-state index in [-0.39, 0.29) is 16.7 Å². The highest BCUT2D eigenvalue weighted by molar-refractivity contribution is 7.99. The maximum Gasteiger partial charge on any atom is 0.234 e. The average molecular weight is 431 g/mol. The van der Waals surface area contributed by atoms with Crippen molar-refractivity contribution in [3.05, 3.63) is 58.9 Å². The number of aryl methyl sites for hydroxylation is 1. The Hall–Kier alpha value is -2.84. The largest absolute Gasteiger partial charge is 0.497 e. The summed E-state index contributed by atoms with van der Waals surface area (Å²) in [5.41, 5.74) is 3.01. The fourth-order valence-electron chi connectivity index (χ4n) is 3.03. The van der Waals surface area contributed by atoms with E-state index in [0.717, 1.165) is 28.3 Å². The Labute approximate surface area is 175 Å². The van der Waals surface area contributed by atoms with Gasteiger partial charge < -0.3 is 10.1 Å². The number of benzene rings is 2. The molecule has 1 amide bonds. The van der Waals surface area contributed by atoms with Crippen LogP contribution in [0.5, 0.6) is 5.75 Å². The van der Waals surface area contributed by atoms with E-state index in [1.54, 1.807) is 7.11 Å². The van der Waals surface area contributed by atoms with Gasteiger partial charge in [0.05, 0.1) is 29.1 Å². The molecule has 2 aromatic carbocycles. The number of amides is 1. The lowest BCUT2D eigenvalue weighted by atomic mass is 10.1. The van der Waals surface area contributed by atoms with Crippen molar-refractivity contribution in [3.63, 3.8) is 0 Å². The predicted molar refractivity (Wildman–Crippen MR) is 113 cm³/mol. The van der Waals surface area contributed by atoms with E-state index in [1.165, 1.54) is 23.9 Å². The Morgan fingerprint density at radius 3 is 2.83 bits per heavy atom. The van der Waals surface area contributed by atoms with Crippen LogP contribution in [0.2, 0.25) is 5.02 Å². The van der Waals surface area contributed by atoms with E-state index in [4.69, 9.17) is 16.3 Å². The Morgan fingerprint density at radius 2 is 2.07 bits per heavy atom. The van der Waals surface area contributed by atoms with E-state index in [2.05, 4.69) is 15.5 Å². The average Bonchev–Trinajstić information content (AvgIpc) is 3.11. The number of ether oxygens (including phenoxy) is 1. The van der Waals surface area contributed by atoms with Crippen LogP contribution in [-0.2, 0) is 4.79 Å². The van der Waals surface area contributed by atoms with Crippen LogP contribution in [0.25, 0.3) is 16.6 Å². The molecular formula is C20H16ClFN4O2S. The van der Waals surface area contributed by atoms with Gasteiger partial charge in [-0.25, -0.2) is 4.39 Å². The highest BCUT2D eigenvalue weighted by atomic mass is 35.5. The molecule has 2 aromatic heterocycles. The fraction of sp³-hybridized carbons (Fsp3) is 0.150. The first-order chi connectivity index (χ1) is 14.0. The van der Waals surface area contributed by atoms with Crippen LogP contribution in [0.3, 0.4) is 0 Å². The smallest absolute Gasteiger partial charge is 0.234 e. The molecule has 0 unspecified atom stereocenters. The van der Waals surface area contributed by atoms with E-state index in [9.17, 15) is 9.18 Å². The molecule has 2 heterocycles. The number of carbonyl (C=O) groups is 1. The first kappa shape index (κ1) is 19.5. The molecule has 0 atom stereocenters. The van der Waals surface area contributed by atoms with Crippen molar-refractivity contribution >= 4 is 51.5 Å². The number of hydrogen-bond acceptors (Lipinski definition) is 5. The molecule has 0 saturated carbocycles. The van der Waals surface area contributed by atoms with Crippen molar-refractivity contribution in [1.29, 1.82) is 0 Å². The number of carbonyl (C=O) groups excluding carboxylic acids is 1. The van der Waals surface area contributed by atoms with Gasteiger partial charge >= 0.3 is 0 Å². The van der Waals surface area contributed by atoms with Gasteiger partial charge in [0, 0.05) is 11.5 Å². The number of hydrogen-bond donors (Lipinski definition) is 1. The summed E-state index contributed by atoms with van der Waals surface area (Å²) in [5.74, 6) is 0.0651. The van der Waals surface area contributed by atoms with Gasteiger partial charge in [-0.2, -0.15) is 0 Å². The lowest BCUT2D eigenvalue weighted by Crippen LogP contribution is -2.14. The normalized spacial score (nSPS) is 11.2. The second-order valence-corrected chi connectivity index (χ2v) is 7.70. The third kappa shape index (κ3) is 3.86. The van der Waals surface area contributed by atoms with Crippen molar-refractivity contribution in [2.75, 3.05) is 18.2 Å². The van der Waals surface area contributed by atoms with Crippen molar-refractivity contribution in [3.8, 4) is 5.75 Å². The molecule has 6 nitrogen and oxygen atoms in total. The Bertz CT molecular complexity index is 1240. The molecule has 0 aliphatic heterocycles. The van der Waals surface area contributed by atoms with Crippen molar-refractivity contribution < 1.29 is 13.9 Å². The van der Waals surface area contributed by atoms with Gasteiger partial charge in [-0.1, -0.05) is 23.4 Å². The van der Waals surface area contributed by atoms with Crippen LogP contribution in [0.15, 0.2) is 47.6 Å². The number of methoxy groups -OCH3 is 1. The molecule has 1 N–H and O–H groups in total. The molecule has 0 saturated heterocycles. The molecule has 4 rings (SSSR count). The summed E-state index contributed by atoms with van der Waals surface area (Å²) >= 11 is 7.21. The summed E-state index contributed by atoms with van der Waals surface area (Å²) < 4.78 is 20.4. The van der Waals surface area contributed by atoms with Crippen LogP contribution in [0.4, 0.5) is 10.1 Å². The zero-order valence-corrected chi connectivity index (χ0v) is 17.1. The molecule has 0 bridgehead atoms. The lowest BCUT2D eigenvalue weighted by molar-refractivity contribution is -0.113. The summed E-state index contributed by atoms with van der Waals surface area (Å²) in [4.78, 5) is 12.3. The minimum absolute atomic E-state index is 0.0911. The number of fused-ring (bicyclic) bond motifs is 3. The zero-order chi connectivity index (χ0) is 20.5. The van der Waals surface area contributed by atoms with Crippen LogP contribution in [0, 0.1) is 12.7 Å². The van der Waals surface area contributed by atoms with Crippen molar-refractivity contribution in [2.45, 2.75) is 12.1 Å².